The van der Waals surface area contributed by atoms with Crippen LogP contribution in [0.25, 0.3) is 5.57 Å². The van der Waals surface area contributed by atoms with Gasteiger partial charge in [-0.15, -0.1) is 0 Å². The molecular formula is C17H18BrN3O2. The van der Waals surface area contributed by atoms with Crippen LogP contribution < -0.4 is 5.32 Å². The van der Waals surface area contributed by atoms with Gasteiger partial charge in [-0.05, 0) is 47.9 Å². The number of nitrogens with one attached hydrogen (secondary N) is 3. The fraction of sp³-hybridized carbons (Fsp3) is 0.176. The SMILES string of the molecule is N=C(/C=C(/Cc1ccc(Br)cc1)c1ccc[nH]1)C(=O)NCCO. The lowest BCUT2D eigenvalue weighted by atomic mass is 10.0. The summed E-state index contributed by atoms with van der Waals surface area (Å²) >= 11 is 3.41. The number of rotatable bonds is 7. The van der Waals surface area contributed by atoms with Gasteiger partial charge in [0.25, 0.3) is 5.91 Å². The summed E-state index contributed by atoms with van der Waals surface area (Å²) in [6, 6.07) is 11.7. The Balaban J connectivity index is 2.21. The van der Waals surface area contributed by atoms with E-state index in [1.807, 2.05) is 36.4 Å². The number of carbonyl (C=O) groups is 1. The lowest BCUT2D eigenvalue weighted by Gasteiger charge is -2.08. The number of aromatic nitrogens is 1. The maximum Gasteiger partial charge on any atom is 0.269 e. The fourth-order valence-electron chi connectivity index (χ4n) is 2.08. The van der Waals surface area contributed by atoms with E-state index >= 15 is 0 Å². The molecule has 0 saturated heterocycles. The summed E-state index contributed by atoms with van der Waals surface area (Å²) in [4.78, 5) is 14.9. The van der Waals surface area contributed by atoms with Crippen LogP contribution in [0.2, 0.25) is 0 Å². The van der Waals surface area contributed by atoms with Crippen molar-refractivity contribution in [2.75, 3.05) is 13.2 Å². The molecule has 0 spiro atoms. The highest BCUT2D eigenvalue weighted by molar-refractivity contribution is 9.10. The molecule has 0 aliphatic carbocycles. The summed E-state index contributed by atoms with van der Waals surface area (Å²) in [5.41, 5.74) is 2.66. The molecule has 4 N–H and O–H groups in total. The number of halogens is 1. The first-order valence-corrected chi connectivity index (χ1v) is 7.96. The number of aliphatic hydroxyl groups is 1. The van der Waals surface area contributed by atoms with E-state index in [4.69, 9.17) is 10.5 Å². The van der Waals surface area contributed by atoms with Crippen LogP contribution in [-0.2, 0) is 11.2 Å². The number of amides is 1. The van der Waals surface area contributed by atoms with Crippen molar-refractivity contribution in [3.63, 3.8) is 0 Å². The van der Waals surface area contributed by atoms with Crippen LogP contribution in [0.1, 0.15) is 11.3 Å². The topological polar surface area (TPSA) is 89.0 Å². The average molecular weight is 376 g/mol. The number of benzene rings is 1. The lowest BCUT2D eigenvalue weighted by molar-refractivity contribution is -0.114. The molecule has 0 aliphatic heterocycles. The Morgan fingerprint density at radius 3 is 2.65 bits per heavy atom. The number of allylic oxidation sites excluding steroid dienone is 1. The van der Waals surface area contributed by atoms with E-state index in [2.05, 4.69) is 26.2 Å². The summed E-state index contributed by atoms with van der Waals surface area (Å²) in [5, 5.41) is 19.1. The minimum Gasteiger partial charge on any atom is -0.395 e. The molecule has 6 heteroatoms. The Morgan fingerprint density at radius 2 is 2.04 bits per heavy atom. The summed E-state index contributed by atoms with van der Waals surface area (Å²) in [7, 11) is 0. The smallest absolute Gasteiger partial charge is 0.269 e. The second kappa shape index (κ2) is 8.45. The molecule has 5 nitrogen and oxygen atoms in total. The molecule has 0 unspecified atom stereocenters. The van der Waals surface area contributed by atoms with E-state index in [-0.39, 0.29) is 18.9 Å². The van der Waals surface area contributed by atoms with Gasteiger partial charge in [-0.3, -0.25) is 10.2 Å². The number of hydrogen-bond acceptors (Lipinski definition) is 3. The summed E-state index contributed by atoms with van der Waals surface area (Å²) < 4.78 is 1.00. The lowest BCUT2D eigenvalue weighted by Crippen LogP contribution is -2.31. The first kappa shape index (κ1) is 17.2. The highest BCUT2D eigenvalue weighted by atomic mass is 79.9. The van der Waals surface area contributed by atoms with Gasteiger partial charge >= 0.3 is 0 Å². The first-order valence-electron chi connectivity index (χ1n) is 7.16. The number of carbonyl (C=O) groups excluding carboxylic acids is 1. The predicted molar refractivity (Wildman–Crippen MR) is 94.4 cm³/mol. The zero-order valence-electron chi connectivity index (χ0n) is 12.5. The van der Waals surface area contributed by atoms with Gasteiger partial charge in [-0.2, -0.15) is 0 Å². The van der Waals surface area contributed by atoms with E-state index in [1.54, 1.807) is 12.3 Å². The van der Waals surface area contributed by atoms with E-state index in [0.717, 1.165) is 21.3 Å². The normalized spacial score (nSPS) is 11.3. The standard InChI is InChI=1S/C17H18BrN3O2/c18-14-5-3-12(4-6-14)10-13(16-2-1-7-20-16)11-15(19)17(23)21-8-9-22/h1-7,11,19-20,22H,8-10H2,(H,21,23)/b13-11-,19-15?. The van der Waals surface area contributed by atoms with Crippen LogP contribution in [-0.4, -0.2) is 34.9 Å². The molecule has 1 heterocycles. The van der Waals surface area contributed by atoms with Crippen molar-refractivity contribution in [1.82, 2.24) is 10.3 Å². The van der Waals surface area contributed by atoms with Crippen molar-refractivity contribution < 1.29 is 9.90 Å². The zero-order chi connectivity index (χ0) is 16.7. The average Bonchev–Trinajstić information content (AvgIpc) is 3.08. The van der Waals surface area contributed by atoms with Crippen LogP contribution in [0.4, 0.5) is 0 Å². The number of hydrogen-bond donors (Lipinski definition) is 4. The minimum absolute atomic E-state index is 0.138. The van der Waals surface area contributed by atoms with Crippen LogP contribution in [0.5, 0.6) is 0 Å². The quantitative estimate of drug-likeness (QED) is 0.560. The van der Waals surface area contributed by atoms with E-state index < -0.39 is 5.91 Å². The zero-order valence-corrected chi connectivity index (χ0v) is 14.1. The van der Waals surface area contributed by atoms with Gasteiger partial charge in [0.15, 0.2) is 0 Å². The second-order valence-electron chi connectivity index (χ2n) is 4.95. The molecule has 120 valence electrons. The second-order valence-corrected chi connectivity index (χ2v) is 5.87. The van der Waals surface area contributed by atoms with Gasteiger partial charge in [-0.1, -0.05) is 28.1 Å². The third kappa shape index (κ3) is 5.19. The van der Waals surface area contributed by atoms with Gasteiger partial charge in [0.1, 0.15) is 5.71 Å². The molecule has 0 saturated carbocycles. The molecule has 23 heavy (non-hydrogen) atoms. The van der Waals surface area contributed by atoms with Gasteiger partial charge < -0.3 is 15.4 Å². The van der Waals surface area contributed by atoms with Crippen molar-refractivity contribution in [2.45, 2.75) is 6.42 Å². The van der Waals surface area contributed by atoms with Crippen molar-refractivity contribution in [3.05, 3.63) is 64.4 Å². The number of aromatic amines is 1. The molecular weight excluding hydrogens is 358 g/mol. The van der Waals surface area contributed by atoms with Crippen LogP contribution >= 0.6 is 15.9 Å². The Labute approximate surface area is 143 Å². The highest BCUT2D eigenvalue weighted by Gasteiger charge is 2.10. The number of H-pyrrole nitrogens is 1. The maximum absolute atomic E-state index is 11.8. The van der Waals surface area contributed by atoms with E-state index in [0.29, 0.717) is 6.42 Å². The summed E-state index contributed by atoms with van der Waals surface area (Å²) in [5.74, 6) is -0.501. The Bertz CT molecular complexity index is 691. The molecule has 1 amide bonds. The monoisotopic (exact) mass is 375 g/mol. The highest BCUT2D eigenvalue weighted by Crippen LogP contribution is 2.20. The van der Waals surface area contributed by atoms with E-state index in [1.165, 1.54) is 0 Å². The fourth-order valence-corrected chi connectivity index (χ4v) is 2.35. The number of aliphatic hydroxyl groups excluding tert-OH is 1. The molecule has 0 aliphatic rings. The van der Waals surface area contributed by atoms with Gasteiger partial charge in [0.05, 0.1) is 6.61 Å². The third-order valence-corrected chi connectivity index (χ3v) is 3.74. The molecule has 0 radical (unpaired) electrons. The molecule has 2 aromatic rings. The van der Waals surface area contributed by atoms with Gasteiger partial charge in [0.2, 0.25) is 0 Å². The minimum atomic E-state index is -0.501. The summed E-state index contributed by atoms with van der Waals surface area (Å²) in [6.45, 7) is -0.00921. The van der Waals surface area contributed by atoms with Gasteiger partial charge in [-0.25, -0.2) is 0 Å². The van der Waals surface area contributed by atoms with Crippen molar-refractivity contribution in [2.24, 2.45) is 0 Å². The van der Waals surface area contributed by atoms with Crippen molar-refractivity contribution in [3.8, 4) is 0 Å². The Kier molecular flexibility index (Phi) is 6.31. The predicted octanol–water partition coefficient (Wildman–Crippen LogP) is 2.53. The van der Waals surface area contributed by atoms with Crippen molar-refractivity contribution >= 4 is 33.1 Å². The van der Waals surface area contributed by atoms with Crippen LogP contribution in [0.3, 0.4) is 0 Å². The molecule has 1 aromatic heterocycles. The van der Waals surface area contributed by atoms with Crippen molar-refractivity contribution in [1.29, 1.82) is 5.41 Å². The Hall–Kier alpha value is -2.18. The molecule has 0 fully saturated rings. The molecule has 1 aromatic carbocycles. The first-order chi connectivity index (χ1) is 11.1. The molecule has 0 bridgehead atoms. The summed E-state index contributed by atoms with van der Waals surface area (Å²) in [6.07, 6.45) is 3.96. The van der Waals surface area contributed by atoms with Crippen LogP contribution in [0, 0.1) is 5.41 Å². The maximum atomic E-state index is 11.8. The largest absolute Gasteiger partial charge is 0.395 e. The van der Waals surface area contributed by atoms with Gasteiger partial charge in [0, 0.05) is 22.9 Å². The third-order valence-electron chi connectivity index (χ3n) is 3.21. The molecule has 2 rings (SSSR count). The molecule has 0 atom stereocenters. The van der Waals surface area contributed by atoms with Crippen LogP contribution in [0.15, 0.2) is 53.1 Å². The Morgan fingerprint density at radius 1 is 1.30 bits per heavy atom. The van der Waals surface area contributed by atoms with E-state index in [9.17, 15) is 4.79 Å².